The van der Waals surface area contributed by atoms with E-state index in [1.165, 1.54) is 0 Å². The number of aryl methyl sites for hydroxylation is 1. The van der Waals surface area contributed by atoms with Gasteiger partial charge in [-0.2, -0.15) is 0 Å². The summed E-state index contributed by atoms with van der Waals surface area (Å²) in [4.78, 5) is 28.7. The molecule has 2 atom stereocenters. The largest absolute Gasteiger partial charge is 0.497 e. The van der Waals surface area contributed by atoms with Gasteiger partial charge in [0.1, 0.15) is 17.5 Å². The quantitative estimate of drug-likeness (QED) is 0.392. The average Bonchev–Trinajstić information content (AvgIpc) is 2.91. The van der Waals surface area contributed by atoms with Crippen LogP contribution >= 0.6 is 0 Å². The molecule has 0 heterocycles. The third-order valence-electron chi connectivity index (χ3n) is 6.17. The lowest BCUT2D eigenvalue weighted by atomic mass is 10.0. The van der Waals surface area contributed by atoms with Crippen LogP contribution in [0.3, 0.4) is 0 Å². The zero-order valence-corrected chi connectivity index (χ0v) is 21.6. The van der Waals surface area contributed by atoms with Gasteiger partial charge in [-0.25, -0.2) is 0 Å². The average molecular weight is 489 g/mol. The van der Waals surface area contributed by atoms with E-state index in [4.69, 9.17) is 9.47 Å². The van der Waals surface area contributed by atoms with Crippen molar-refractivity contribution in [1.82, 2.24) is 10.2 Å². The summed E-state index contributed by atoms with van der Waals surface area (Å²) >= 11 is 0. The fourth-order valence-electron chi connectivity index (χ4n) is 3.79. The summed E-state index contributed by atoms with van der Waals surface area (Å²) in [5.41, 5.74) is 3.07. The second-order valence-electron chi connectivity index (χ2n) is 8.99. The van der Waals surface area contributed by atoms with Crippen molar-refractivity contribution in [1.29, 1.82) is 0 Å². The lowest BCUT2D eigenvalue weighted by molar-refractivity contribution is -0.143. The standard InChI is InChI=1S/C30H36N2O4/c1-5-23(3)31-30(34)28(19-24-9-7-6-8-10-24)32(20-25-13-11-22(2)12-14-25)29(33)21-36-27-17-15-26(35-4)16-18-27/h6-18,23,28H,5,19-21H2,1-4H3,(H,31,34)/t23-,28-/m0/s1. The van der Waals surface area contributed by atoms with Gasteiger partial charge >= 0.3 is 0 Å². The van der Waals surface area contributed by atoms with Crippen molar-refractivity contribution in [2.75, 3.05) is 13.7 Å². The lowest BCUT2D eigenvalue weighted by Crippen LogP contribution is -2.53. The summed E-state index contributed by atoms with van der Waals surface area (Å²) in [6.07, 6.45) is 1.21. The van der Waals surface area contributed by atoms with E-state index in [0.29, 0.717) is 24.5 Å². The van der Waals surface area contributed by atoms with Crippen LogP contribution in [0.1, 0.15) is 37.0 Å². The minimum Gasteiger partial charge on any atom is -0.497 e. The molecule has 0 bridgehead atoms. The van der Waals surface area contributed by atoms with Crippen LogP contribution in [-0.2, 0) is 22.6 Å². The number of carbonyl (C=O) groups is 2. The summed E-state index contributed by atoms with van der Waals surface area (Å²) in [5, 5.41) is 3.08. The van der Waals surface area contributed by atoms with Crippen molar-refractivity contribution >= 4 is 11.8 Å². The van der Waals surface area contributed by atoms with Crippen LogP contribution in [-0.4, -0.2) is 42.5 Å². The Labute approximate surface area is 214 Å². The predicted octanol–water partition coefficient (Wildman–Crippen LogP) is 4.94. The van der Waals surface area contributed by atoms with E-state index in [1.807, 2.05) is 75.4 Å². The van der Waals surface area contributed by atoms with Crippen LogP contribution in [0.4, 0.5) is 0 Å². The number of nitrogens with zero attached hydrogens (tertiary/aromatic N) is 1. The molecule has 3 aromatic carbocycles. The third kappa shape index (κ3) is 7.87. The molecule has 0 radical (unpaired) electrons. The molecule has 0 saturated carbocycles. The van der Waals surface area contributed by atoms with Crippen LogP contribution in [0.5, 0.6) is 11.5 Å². The first-order valence-corrected chi connectivity index (χ1v) is 12.4. The molecule has 3 rings (SSSR count). The van der Waals surface area contributed by atoms with Crippen LogP contribution in [0.15, 0.2) is 78.9 Å². The molecule has 0 saturated heterocycles. The molecule has 0 spiro atoms. The van der Waals surface area contributed by atoms with E-state index in [2.05, 4.69) is 5.32 Å². The molecule has 0 aliphatic carbocycles. The summed E-state index contributed by atoms with van der Waals surface area (Å²) in [5.74, 6) is 0.840. The molecule has 6 nitrogen and oxygen atoms in total. The smallest absolute Gasteiger partial charge is 0.261 e. The van der Waals surface area contributed by atoms with Gasteiger partial charge in [-0.1, -0.05) is 67.1 Å². The van der Waals surface area contributed by atoms with Gasteiger partial charge in [0.25, 0.3) is 5.91 Å². The number of benzene rings is 3. The third-order valence-corrected chi connectivity index (χ3v) is 6.17. The summed E-state index contributed by atoms with van der Waals surface area (Å²) in [7, 11) is 1.60. The predicted molar refractivity (Wildman–Crippen MR) is 142 cm³/mol. The van der Waals surface area contributed by atoms with Crippen molar-refractivity contribution in [3.05, 3.63) is 95.6 Å². The Balaban J connectivity index is 1.88. The molecule has 36 heavy (non-hydrogen) atoms. The SMILES string of the molecule is CC[C@H](C)NC(=O)[C@H](Cc1ccccc1)N(Cc1ccc(C)cc1)C(=O)COc1ccc(OC)cc1. The fraction of sp³-hybridized carbons (Fsp3) is 0.333. The molecule has 6 heteroatoms. The maximum Gasteiger partial charge on any atom is 0.261 e. The highest BCUT2D eigenvalue weighted by atomic mass is 16.5. The Bertz CT molecular complexity index is 1100. The van der Waals surface area contributed by atoms with Crippen LogP contribution < -0.4 is 14.8 Å². The normalized spacial score (nSPS) is 12.3. The van der Waals surface area contributed by atoms with Crippen LogP contribution in [0.2, 0.25) is 0 Å². The molecule has 2 amide bonds. The summed E-state index contributed by atoms with van der Waals surface area (Å²) < 4.78 is 11.0. The number of nitrogens with one attached hydrogen (secondary N) is 1. The number of amides is 2. The van der Waals surface area contributed by atoms with Gasteiger partial charge in [-0.3, -0.25) is 9.59 Å². The van der Waals surface area contributed by atoms with E-state index >= 15 is 0 Å². The van der Waals surface area contributed by atoms with E-state index in [9.17, 15) is 9.59 Å². The Morgan fingerprint density at radius 1 is 0.889 bits per heavy atom. The van der Waals surface area contributed by atoms with Gasteiger partial charge in [0, 0.05) is 19.0 Å². The number of carbonyl (C=O) groups excluding carboxylic acids is 2. The van der Waals surface area contributed by atoms with Gasteiger partial charge in [0.2, 0.25) is 5.91 Å². The molecule has 0 aromatic heterocycles. The minimum atomic E-state index is -0.685. The first kappa shape index (κ1) is 26.8. The minimum absolute atomic E-state index is 0.00245. The van der Waals surface area contributed by atoms with E-state index in [-0.39, 0.29) is 24.5 Å². The number of hydrogen-bond donors (Lipinski definition) is 1. The Kier molecular flexibility index (Phi) is 9.92. The Morgan fingerprint density at radius 3 is 2.14 bits per heavy atom. The second-order valence-corrected chi connectivity index (χ2v) is 8.99. The molecule has 0 aliphatic rings. The van der Waals surface area contributed by atoms with Gasteiger partial charge in [0.05, 0.1) is 7.11 Å². The monoisotopic (exact) mass is 488 g/mol. The molecular weight excluding hydrogens is 452 g/mol. The van der Waals surface area contributed by atoms with Gasteiger partial charge in [-0.15, -0.1) is 0 Å². The highest BCUT2D eigenvalue weighted by Gasteiger charge is 2.31. The van der Waals surface area contributed by atoms with Crippen molar-refractivity contribution in [3.8, 4) is 11.5 Å². The summed E-state index contributed by atoms with van der Waals surface area (Å²) in [6.45, 7) is 6.13. The maximum atomic E-state index is 13.6. The van der Waals surface area contributed by atoms with Gasteiger partial charge < -0.3 is 19.7 Å². The molecule has 190 valence electrons. The first-order chi connectivity index (χ1) is 17.4. The van der Waals surface area contributed by atoms with Crippen molar-refractivity contribution in [2.24, 2.45) is 0 Å². The van der Waals surface area contributed by atoms with Crippen molar-refractivity contribution < 1.29 is 19.1 Å². The van der Waals surface area contributed by atoms with Crippen molar-refractivity contribution in [3.63, 3.8) is 0 Å². The van der Waals surface area contributed by atoms with E-state index in [1.54, 1.807) is 36.3 Å². The van der Waals surface area contributed by atoms with Crippen molar-refractivity contribution in [2.45, 2.75) is 52.2 Å². The van der Waals surface area contributed by atoms with Crippen LogP contribution in [0, 0.1) is 6.92 Å². The number of methoxy groups -OCH3 is 1. The fourth-order valence-corrected chi connectivity index (χ4v) is 3.79. The first-order valence-electron chi connectivity index (χ1n) is 12.4. The molecule has 1 N–H and O–H groups in total. The zero-order chi connectivity index (χ0) is 25.9. The van der Waals surface area contributed by atoms with Gasteiger partial charge in [-0.05, 0) is 55.7 Å². The van der Waals surface area contributed by atoms with E-state index in [0.717, 1.165) is 23.1 Å². The molecule has 0 aliphatic heterocycles. The zero-order valence-electron chi connectivity index (χ0n) is 21.6. The van der Waals surface area contributed by atoms with Crippen LogP contribution in [0.25, 0.3) is 0 Å². The highest BCUT2D eigenvalue weighted by Crippen LogP contribution is 2.19. The second kappa shape index (κ2) is 13.3. The molecule has 0 unspecified atom stereocenters. The molecule has 3 aromatic rings. The summed E-state index contributed by atoms with van der Waals surface area (Å²) in [6, 6.07) is 24.2. The lowest BCUT2D eigenvalue weighted by Gasteiger charge is -2.32. The maximum absolute atomic E-state index is 13.6. The topological polar surface area (TPSA) is 67.9 Å². The van der Waals surface area contributed by atoms with Gasteiger partial charge in [0.15, 0.2) is 6.61 Å². The number of rotatable bonds is 12. The number of hydrogen-bond acceptors (Lipinski definition) is 4. The Hall–Kier alpha value is -3.80. The number of ether oxygens (including phenoxy) is 2. The molecular formula is C30H36N2O4. The Morgan fingerprint density at radius 2 is 1.53 bits per heavy atom. The highest BCUT2D eigenvalue weighted by molar-refractivity contribution is 5.88. The van der Waals surface area contributed by atoms with E-state index < -0.39 is 6.04 Å². The molecule has 0 fully saturated rings.